The molecule has 2 aromatic carbocycles. The average molecular weight is 428 g/mol. The predicted molar refractivity (Wildman–Crippen MR) is 112 cm³/mol. The number of hydrogen-bond donors (Lipinski definition) is 3. The van der Waals surface area contributed by atoms with Crippen LogP contribution in [0.15, 0.2) is 59.0 Å². The normalized spacial score (nSPS) is 12.4. The van der Waals surface area contributed by atoms with Crippen molar-refractivity contribution < 1.29 is 29.0 Å². The summed E-state index contributed by atoms with van der Waals surface area (Å²) in [6.07, 6.45) is 1.02. The summed E-state index contributed by atoms with van der Waals surface area (Å²) in [7, 11) is 0. The second-order valence-electron chi connectivity index (χ2n) is 6.40. The molecule has 0 bridgehead atoms. The molecule has 156 valence electrons. The minimum absolute atomic E-state index is 0.0496. The van der Waals surface area contributed by atoms with Gasteiger partial charge in [-0.15, -0.1) is 11.8 Å². The molecule has 30 heavy (non-hydrogen) atoms. The number of carboxylic acid groups (broad SMARTS) is 1. The minimum Gasteiger partial charge on any atom is -0.478 e. The van der Waals surface area contributed by atoms with E-state index in [0.717, 1.165) is 16.5 Å². The number of aliphatic carboxylic acids is 1. The number of rotatable bonds is 8. The molecule has 0 spiro atoms. The van der Waals surface area contributed by atoms with E-state index >= 15 is 0 Å². The lowest BCUT2D eigenvalue weighted by Crippen LogP contribution is -2.24. The van der Waals surface area contributed by atoms with E-state index in [0.29, 0.717) is 23.7 Å². The molecule has 0 aromatic heterocycles. The summed E-state index contributed by atoms with van der Waals surface area (Å²) in [5.74, 6) is -0.141. The zero-order valence-electron chi connectivity index (χ0n) is 16.1. The number of carboxylic acids is 1. The van der Waals surface area contributed by atoms with Gasteiger partial charge < -0.3 is 25.2 Å². The van der Waals surface area contributed by atoms with E-state index in [1.165, 1.54) is 18.7 Å². The van der Waals surface area contributed by atoms with Crippen LogP contribution in [0.1, 0.15) is 12.5 Å². The van der Waals surface area contributed by atoms with E-state index in [1.807, 2.05) is 18.2 Å². The van der Waals surface area contributed by atoms with Crippen LogP contribution in [0.2, 0.25) is 0 Å². The summed E-state index contributed by atoms with van der Waals surface area (Å²) < 4.78 is 10.6. The van der Waals surface area contributed by atoms with Crippen molar-refractivity contribution in [3.05, 3.63) is 59.7 Å². The summed E-state index contributed by atoms with van der Waals surface area (Å²) >= 11 is 1.37. The lowest BCUT2D eigenvalue weighted by atomic mass is 10.2. The second-order valence-corrected chi connectivity index (χ2v) is 7.45. The number of ether oxygens (including phenoxy) is 2. The molecular weight excluding hydrogens is 408 g/mol. The number of hydrogen-bond acceptors (Lipinski definition) is 6. The first kappa shape index (κ1) is 21.3. The van der Waals surface area contributed by atoms with Gasteiger partial charge in [0, 0.05) is 28.8 Å². The number of amides is 2. The topological polar surface area (TPSA) is 114 Å². The average Bonchev–Trinajstić information content (AvgIpc) is 3.19. The molecular formula is C21H20N2O6S. The highest BCUT2D eigenvalue weighted by molar-refractivity contribution is 8.00. The van der Waals surface area contributed by atoms with Gasteiger partial charge in [0.2, 0.25) is 18.6 Å². The summed E-state index contributed by atoms with van der Waals surface area (Å²) in [4.78, 5) is 35.4. The molecule has 8 nitrogen and oxygen atoms in total. The van der Waals surface area contributed by atoms with Gasteiger partial charge in [-0.2, -0.15) is 0 Å². The smallest absolute Gasteiger partial charge is 0.331 e. The molecule has 3 N–H and O–H groups in total. The van der Waals surface area contributed by atoms with Crippen molar-refractivity contribution in [3.8, 4) is 11.5 Å². The maximum atomic E-state index is 12.1. The van der Waals surface area contributed by atoms with E-state index in [-0.39, 0.29) is 24.0 Å². The molecule has 0 atom stereocenters. The fourth-order valence-corrected chi connectivity index (χ4v) is 3.25. The quantitative estimate of drug-likeness (QED) is 0.438. The van der Waals surface area contributed by atoms with Gasteiger partial charge in [0.05, 0.1) is 5.75 Å². The summed E-state index contributed by atoms with van der Waals surface area (Å²) in [5.41, 5.74) is 1.40. The number of carbonyl (C=O) groups is 3. The van der Waals surface area contributed by atoms with Crippen LogP contribution in [0, 0.1) is 0 Å². The van der Waals surface area contributed by atoms with Crippen molar-refractivity contribution in [2.75, 3.05) is 17.9 Å². The van der Waals surface area contributed by atoms with Gasteiger partial charge >= 0.3 is 5.97 Å². The van der Waals surface area contributed by atoms with Crippen molar-refractivity contribution in [2.24, 2.45) is 0 Å². The third-order valence-corrected chi connectivity index (χ3v) is 5.12. The van der Waals surface area contributed by atoms with Crippen LogP contribution in [-0.4, -0.2) is 35.4 Å². The number of carbonyl (C=O) groups excluding carboxylic acids is 2. The van der Waals surface area contributed by atoms with E-state index in [9.17, 15) is 14.4 Å². The fourth-order valence-electron chi connectivity index (χ4n) is 2.52. The largest absolute Gasteiger partial charge is 0.478 e. The first-order valence-electron chi connectivity index (χ1n) is 9.01. The Kier molecular flexibility index (Phi) is 6.97. The molecule has 9 heteroatoms. The highest BCUT2D eigenvalue weighted by Crippen LogP contribution is 2.32. The van der Waals surface area contributed by atoms with E-state index in [1.54, 1.807) is 24.3 Å². The SMILES string of the molecule is CC(=CC(=O)Nc1ccc(SCC(=O)NCc2ccc3c(c2)OCO3)cc1)C(=O)O. The number of thioether (sulfide) groups is 1. The molecule has 2 aromatic rings. The fraction of sp³-hybridized carbons (Fsp3) is 0.190. The summed E-state index contributed by atoms with van der Waals surface area (Å²) in [5, 5.41) is 14.2. The van der Waals surface area contributed by atoms with Crippen molar-refractivity contribution in [3.63, 3.8) is 0 Å². The highest BCUT2D eigenvalue weighted by Gasteiger charge is 2.13. The van der Waals surface area contributed by atoms with E-state index < -0.39 is 11.9 Å². The van der Waals surface area contributed by atoms with Crippen molar-refractivity contribution in [1.82, 2.24) is 5.32 Å². The van der Waals surface area contributed by atoms with Gasteiger partial charge in [0.15, 0.2) is 11.5 Å². The Morgan fingerprint density at radius 3 is 2.57 bits per heavy atom. The lowest BCUT2D eigenvalue weighted by molar-refractivity contribution is -0.132. The summed E-state index contributed by atoms with van der Waals surface area (Å²) in [6.45, 7) is 1.95. The Bertz CT molecular complexity index is 987. The Hall–Kier alpha value is -3.46. The zero-order chi connectivity index (χ0) is 21.5. The van der Waals surface area contributed by atoms with Crippen LogP contribution in [0.5, 0.6) is 11.5 Å². The van der Waals surface area contributed by atoms with Crippen LogP contribution in [0.25, 0.3) is 0 Å². The van der Waals surface area contributed by atoms with Gasteiger partial charge in [-0.05, 0) is 48.9 Å². The first-order valence-corrected chi connectivity index (χ1v) is 10.00. The van der Waals surface area contributed by atoms with Gasteiger partial charge in [-0.1, -0.05) is 6.07 Å². The Morgan fingerprint density at radius 2 is 1.83 bits per heavy atom. The predicted octanol–water partition coefficient (Wildman–Crippen LogP) is 2.79. The Morgan fingerprint density at radius 1 is 1.10 bits per heavy atom. The van der Waals surface area contributed by atoms with Crippen LogP contribution in [0.4, 0.5) is 5.69 Å². The number of anilines is 1. The van der Waals surface area contributed by atoms with Crippen LogP contribution in [0.3, 0.4) is 0 Å². The molecule has 0 aliphatic carbocycles. The van der Waals surface area contributed by atoms with Crippen molar-refractivity contribution in [2.45, 2.75) is 18.4 Å². The van der Waals surface area contributed by atoms with E-state index in [2.05, 4.69) is 10.6 Å². The molecule has 3 rings (SSSR count). The van der Waals surface area contributed by atoms with Gasteiger partial charge in [-0.25, -0.2) is 4.79 Å². The molecule has 0 saturated heterocycles. The van der Waals surface area contributed by atoms with Crippen LogP contribution < -0.4 is 20.1 Å². The van der Waals surface area contributed by atoms with Crippen LogP contribution in [-0.2, 0) is 20.9 Å². The highest BCUT2D eigenvalue weighted by atomic mass is 32.2. The number of benzene rings is 2. The lowest BCUT2D eigenvalue weighted by Gasteiger charge is -2.07. The number of fused-ring (bicyclic) bond motifs is 1. The van der Waals surface area contributed by atoms with E-state index in [4.69, 9.17) is 14.6 Å². The molecule has 1 aliphatic heterocycles. The van der Waals surface area contributed by atoms with Crippen molar-refractivity contribution in [1.29, 1.82) is 0 Å². The molecule has 0 unspecified atom stereocenters. The van der Waals surface area contributed by atoms with Crippen LogP contribution >= 0.6 is 11.8 Å². The third kappa shape index (κ3) is 6.02. The molecule has 0 fully saturated rings. The maximum Gasteiger partial charge on any atom is 0.331 e. The summed E-state index contributed by atoms with van der Waals surface area (Å²) in [6, 6.07) is 12.5. The minimum atomic E-state index is -1.14. The standard InChI is InChI=1S/C21H20N2O6S/c1-13(21(26)27)8-19(24)23-15-3-5-16(6-4-15)30-11-20(25)22-10-14-2-7-17-18(9-14)29-12-28-17/h2-9H,10-12H2,1H3,(H,22,25)(H,23,24)(H,26,27). The first-order chi connectivity index (χ1) is 14.4. The third-order valence-electron chi connectivity index (χ3n) is 4.10. The second kappa shape index (κ2) is 9.84. The van der Waals surface area contributed by atoms with Gasteiger partial charge in [-0.3, -0.25) is 9.59 Å². The number of nitrogens with one attached hydrogen (secondary N) is 2. The zero-order valence-corrected chi connectivity index (χ0v) is 17.0. The molecule has 0 radical (unpaired) electrons. The maximum absolute atomic E-state index is 12.1. The molecule has 1 aliphatic rings. The Labute approximate surface area is 177 Å². The molecule has 1 heterocycles. The monoisotopic (exact) mass is 428 g/mol. The van der Waals surface area contributed by atoms with Gasteiger partial charge in [0.25, 0.3) is 0 Å². The van der Waals surface area contributed by atoms with Crippen molar-refractivity contribution >= 4 is 35.2 Å². The molecule has 2 amide bonds. The van der Waals surface area contributed by atoms with Gasteiger partial charge in [0.1, 0.15) is 0 Å². The molecule has 0 saturated carbocycles. The Balaban J connectivity index is 1.43.